The molecular formula is C27H37N3O5. The van der Waals surface area contributed by atoms with Crippen molar-refractivity contribution in [3.63, 3.8) is 0 Å². The summed E-state index contributed by atoms with van der Waals surface area (Å²) in [5, 5.41) is 9.88. The lowest BCUT2D eigenvalue weighted by molar-refractivity contribution is -0.143. The van der Waals surface area contributed by atoms with Crippen molar-refractivity contribution in [1.82, 2.24) is 14.8 Å². The molecule has 1 aromatic carbocycles. The molecule has 0 saturated carbocycles. The fourth-order valence-corrected chi connectivity index (χ4v) is 4.75. The van der Waals surface area contributed by atoms with Gasteiger partial charge in [-0.2, -0.15) is 0 Å². The van der Waals surface area contributed by atoms with E-state index in [0.717, 1.165) is 56.3 Å². The summed E-state index contributed by atoms with van der Waals surface area (Å²) < 4.78 is 10.8. The van der Waals surface area contributed by atoms with Crippen molar-refractivity contribution >= 4 is 12.4 Å². The number of carbonyl (C=O) groups excluding carboxylic acids is 1. The molecule has 0 bridgehead atoms. The number of nitrogens with zero attached hydrogens (tertiary/aromatic N) is 3. The summed E-state index contributed by atoms with van der Waals surface area (Å²) in [4.78, 5) is 30.6. The Hall–Kier alpha value is -3.13. The first-order valence-corrected chi connectivity index (χ1v) is 12.4. The Labute approximate surface area is 207 Å². The molecule has 2 aliphatic rings. The van der Waals surface area contributed by atoms with Gasteiger partial charge in [-0.15, -0.1) is 0 Å². The molecule has 0 radical (unpaired) electrons. The van der Waals surface area contributed by atoms with Crippen molar-refractivity contribution in [3.8, 4) is 11.5 Å². The largest absolute Gasteiger partial charge is 0.481 e. The van der Waals surface area contributed by atoms with Gasteiger partial charge in [0.1, 0.15) is 0 Å². The first-order valence-electron chi connectivity index (χ1n) is 12.4. The summed E-state index contributed by atoms with van der Waals surface area (Å²) >= 11 is 0. The van der Waals surface area contributed by atoms with Gasteiger partial charge in [-0.1, -0.05) is 38.8 Å². The number of ether oxygens (including phenoxy) is 2. The van der Waals surface area contributed by atoms with Crippen LogP contribution in [0.5, 0.6) is 11.5 Å². The van der Waals surface area contributed by atoms with Crippen LogP contribution in [0.1, 0.15) is 62.6 Å². The molecule has 0 aliphatic carbocycles. The van der Waals surface area contributed by atoms with E-state index in [2.05, 4.69) is 23.7 Å². The second kappa shape index (κ2) is 13.1. The van der Waals surface area contributed by atoms with Gasteiger partial charge in [0.25, 0.3) is 0 Å². The number of aliphatic carboxylic acids is 1. The lowest BCUT2D eigenvalue weighted by atomic mass is 9.83. The lowest BCUT2D eigenvalue weighted by Gasteiger charge is -2.23. The van der Waals surface area contributed by atoms with Crippen LogP contribution in [-0.4, -0.2) is 65.7 Å². The third-order valence-corrected chi connectivity index (χ3v) is 6.62. The van der Waals surface area contributed by atoms with Crippen molar-refractivity contribution in [3.05, 3.63) is 53.9 Å². The molecule has 3 heterocycles. The number of aromatic nitrogens is 1. The predicted molar refractivity (Wildman–Crippen MR) is 133 cm³/mol. The number of unbranched alkanes of at least 4 members (excludes halogenated alkanes) is 2. The molecule has 190 valence electrons. The SMILES string of the molecule is CCCCN(C=O)CCCC.CN1CC(c2ccc3c(c2)OCO3)C(C(=O)O)C1c1cccnc1. The third-order valence-electron chi connectivity index (χ3n) is 6.62. The predicted octanol–water partition coefficient (Wildman–Crippen LogP) is 4.33. The number of carbonyl (C=O) groups is 2. The van der Waals surface area contributed by atoms with Crippen molar-refractivity contribution in [2.45, 2.75) is 51.5 Å². The maximum Gasteiger partial charge on any atom is 0.309 e. The van der Waals surface area contributed by atoms with E-state index >= 15 is 0 Å². The molecule has 1 saturated heterocycles. The molecule has 0 spiro atoms. The molecule has 35 heavy (non-hydrogen) atoms. The Morgan fingerprint density at radius 3 is 2.46 bits per heavy atom. The minimum absolute atomic E-state index is 0.118. The normalized spacial score (nSPS) is 20.7. The molecular weight excluding hydrogens is 446 g/mol. The minimum Gasteiger partial charge on any atom is -0.481 e. The summed E-state index contributed by atoms with van der Waals surface area (Å²) in [6, 6.07) is 9.28. The maximum absolute atomic E-state index is 12.0. The molecule has 2 aromatic rings. The van der Waals surface area contributed by atoms with Crippen LogP contribution in [0.15, 0.2) is 42.7 Å². The molecule has 2 aliphatic heterocycles. The molecule has 1 N–H and O–H groups in total. The van der Waals surface area contributed by atoms with Crippen molar-refractivity contribution in [1.29, 1.82) is 0 Å². The second-order valence-electron chi connectivity index (χ2n) is 9.10. The molecule has 1 aromatic heterocycles. The number of hydrogen-bond acceptors (Lipinski definition) is 6. The van der Waals surface area contributed by atoms with E-state index in [9.17, 15) is 14.7 Å². The quantitative estimate of drug-likeness (QED) is 0.503. The second-order valence-corrected chi connectivity index (χ2v) is 9.10. The number of likely N-dealkylation sites (tertiary alicyclic amines) is 1. The highest BCUT2D eigenvalue weighted by atomic mass is 16.7. The van der Waals surface area contributed by atoms with Crippen LogP contribution in [0.4, 0.5) is 0 Å². The van der Waals surface area contributed by atoms with E-state index in [1.54, 1.807) is 12.4 Å². The van der Waals surface area contributed by atoms with Gasteiger partial charge in [0, 0.05) is 44.0 Å². The van der Waals surface area contributed by atoms with E-state index in [4.69, 9.17) is 9.47 Å². The number of hydrogen-bond donors (Lipinski definition) is 1. The van der Waals surface area contributed by atoms with Gasteiger partial charge in [-0.05, 0) is 49.2 Å². The van der Waals surface area contributed by atoms with Gasteiger partial charge in [-0.25, -0.2) is 0 Å². The van der Waals surface area contributed by atoms with Gasteiger partial charge in [0.05, 0.1) is 5.92 Å². The van der Waals surface area contributed by atoms with Crippen molar-refractivity contribution < 1.29 is 24.2 Å². The average molecular weight is 484 g/mol. The van der Waals surface area contributed by atoms with Crippen molar-refractivity contribution in [2.75, 3.05) is 33.5 Å². The highest BCUT2D eigenvalue weighted by Gasteiger charge is 2.46. The fourth-order valence-electron chi connectivity index (χ4n) is 4.75. The van der Waals surface area contributed by atoms with Gasteiger partial charge in [-0.3, -0.25) is 19.5 Å². The Kier molecular flexibility index (Phi) is 9.90. The van der Waals surface area contributed by atoms with Gasteiger partial charge >= 0.3 is 5.97 Å². The summed E-state index contributed by atoms with van der Waals surface area (Å²) in [5.74, 6) is -0.0625. The first-order chi connectivity index (χ1) is 17.0. The summed E-state index contributed by atoms with van der Waals surface area (Å²) in [6.45, 7) is 7.02. The summed E-state index contributed by atoms with van der Waals surface area (Å²) in [7, 11) is 1.96. The summed E-state index contributed by atoms with van der Waals surface area (Å²) in [6.07, 6.45) is 8.99. The van der Waals surface area contributed by atoms with E-state index in [0.29, 0.717) is 18.0 Å². The number of fused-ring (bicyclic) bond motifs is 1. The first kappa shape index (κ1) is 26.5. The average Bonchev–Trinajstić information content (AvgIpc) is 3.49. The van der Waals surface area contributed by atoms with E-state index in [1.807, 2.05) is 42.3 Å². The molecule has 8 heteroatoms. The molecule has 1 fully saturated rings. The van der Waals surface area contributed by atoms with Crippen LogP contribution in [0.2, 0.25) is 0 Å². The number of carboxylic acid groups (broad SMARTS) is 1. The Bertz CT molecular complexity index is 947. The zero-order valence-corrected chi connectivity index (χ0v) is 20.9. The molecule has 1 amide bonds. The molecule has 4 rings (SSSR count). The maximum atomic E-state index is 12.0. The number of rotatable bonds is 10. The third kappa shape index (κ3) is 6.72. The van der Waals surface area contributed by atoms with Crippen LogP contribution in [0, 0.1) is 5.92 Å². The van der Waals surface area contributed by atoms with Gasteiger partial charge in [0.15, 0.2) is 11.5 Å². The zero-order chi connectivity index (χ0) is 25.2. The fraction of sp³-hybridized carbons (Fsp3) is 0.519. The Morgan fingerprint density at radius 1 is 1.14 bits per heavy atom. The number of carboxylic acids is 1. The lowest BCUT2D eigenvalue weighted by Crippen LogP contribution is -2.26. The number of pyridine rings is 1. The van der Waals surface area contributed by atoms with Crippen LogP contribution in [0.25, 0.3) is 0 Å². The standard InChI is InChI=1S/C18H18N2O4.C9H19NO/c1-20-9-13(11-4-5-14-15(7-11)24-10-23-14)16(18(21)22)17(20)12-3-2-6-19-8-12;1-3-5-7-10(9-11)8-6-4-2/h2-8,13,16-17H,9-10H2,1H3,(H,21,22);9H,3-8H2,1-2H3. The molecule has 3 atom stereocenters. The highest BCUT2D eigenvalue weighted by molar-refractivity contribution is 5.73. The van der Waals surface area contributed by atoms with Crippen LogP contribution >= 0.6 is 0 Å². The van der Waals surface area contributed by atoms with E-state index in [1.165, 1.54) is 0 Å². The van der Waals surface area contributed by atoms with E-state index in [-0.39, 0.29) is 18.8 Å². The van der Waals surface area contributed by atoms with Crippen LogP contribution in [0.3, 0.4) is 0 Å². The molecule has 8 nitrogen and oxygen atoms in total. The smallest absolute Gasteiger partial charge is 0.309 e. The van der Waals surface area contributed by atoms with Gasteiger partial charge < -0.3 is 19.5 Å². The Morgan fingerprint density at radius 2 is 1.86 bits per heavy atom. The number of benzene rings is 1. The topological polar surface area (TPSA) is 92.2 Å². The van der Waals surface area contributed by atoms with Crippen LogP contribution in [-0.2, 0) is 9.59 Å². The highest BCUT2D eigenvalue weighted by Crippen LogP contribution is 2.46. The van der Waals surface area contributed by atoms with Gasteiger partial charge in [0.2, 0.25) is 13.2 Å². The number of likely N-dealkylation sites (N-methyl/N-ethyl adjacent to an activating group) is 1. The minimum atomic E-state index is -0.795. The van der Waals surface area contributed by atoms with Crippen molar-refractivity contribution in [2.24, 2.45) is 5.92 Å². The summed E-state index contributed by atoms with van der Waals surface area (Å²) in [5.41, 5.74) is 1.89. The van der Waals surface area contributed by atoms with E-state index < -0.39 is 11.9 Å². The molecule has 3 unspecified atom stereocenters. The Balaban J connectivity index is 0.000000266. The van der Waals surface area contributed by atoms with Crippen LogP contribution < -0.4 is 9.47 Å². The number of amides is 1. The zero-order valence-electron chi connectivity index (χ0n) is 20.9. The monoisotopic (exact) mass is 483 g/mol.